The minimum Gasteiger partial charge on any atom is -0.347 e. The van der Waals surface area contributed by atoms with Crippen molar-refractivity contribution in [3.63, 3.8) is 0 Å². The predicted molar refractivity (Wildman–Crippen MR) is 264 cm³/mol. The molecule has 2 aliphatic heterocycles. The van der Waals surface area contributed by atoms with Gasteiger partial charge in [0.2, 0.25) is 11.8 Å². The van der Waals surface area contributed by atoms with Crippen molar-refractivity contribution < 1.29 is 45.5 Å². The number of pyridine rings is 2. The Bertz CT molecular complexity index is 3210. The third-order valence-corrected chi connectivity index (χ3v) is 11.8. The molecule has 10 rings (SSSR count). The highest BCUT2D eigenvalue weighted by atomic mass is 79.9. The molecule has 0 saturated carbocycles. The standard InChI is InChI=1S/C25H20F3N5O2.C13H14F2N2O2.C12H7BrFN3.CH5N/c1-25(27,28)24(35)31-20-12-21(34)32(22(20)15-5-3-2-4-6-15)19-11-16-13-30-33(23(16)29-14-19)18-9-7-17(26)8-10-18;1-13(14,15)12(19)16-9-7-10(18)17-11(9)8-5-3-2-4-6-8;13-9-5-8-6-16-17(12(8)15-7-9)11-3-1-10(14)2-4-11;1-2/h2-11,13-14,20,22H,12H2,1H3,(H,31,35);2-6,9,11H,7H2,1H3,(H,16,19)(H,17,18);1-7H;2H2,1H3/t20-,22+;9-,11+;;/m00../s1. The van der Waals surface area contributed by atoms with E-state index in [1.807, 2.05) is 12.1 Å². The number of nitrogens with zero attached hydrogens (tertiary/aromatic N) is 7. The first kappa shape index (κ1) is 52.8. The molecule has 0 radical (unpaired) electrons. The van der Waals surface area contributed by atoms with E-state index in [-0.39, 0.29) is 36.3 Å². The first-order valence-electron chi connectivity index (χ1n) is 22.4. The van der Waals surface area contributed by atoms with Crippen LogP contribution < -0.4 is 26.6 Å². The van der Waals surface area contributed by atoms with Gasteiger partial charge in [-0.15, -0.1) is 0 Å². The Morgan fingerprint density at radius 3 is 1.60 bits per heavy atom. The van der Waals surface area contributed by atoms with Crippen LogP contribution >= 0.6 is 15.9 Å². The van der Waals surface area contributed by atoms with E-state index >= 15 is 0 Å². The Labute approximate surface area is 421 Å². The molecule has 4 amide bonds. The molecule has 4 aromatic heterocycles. The summed E-state index contributed by atoms with van der Waals surface area (Å²) in [5.74, 6) is -11.1. The van der Waals surface area contributed by atoms with Crippen molar-refractivity contribution in [2.45, 2.75) is 62.7 Å². The lowest BCUT2D eigenvalue weighted by Crippen LogP contribution is -2.46. The Balaban J connectivity index is 0.000000173. The number of nitrogens with one attached hydrogen (secondary N) is 3. The van der Waals surface area contributed by atoms with E-state index in [2.05, 4.69) is 57.8 Å². The number of hydrogen-bond donors (Lipinski definition) is 4. The molecule has 378 valence electrons. The number of alkyl halides is 4. The quantitative estimate of drug-likeness (QED) is 0.103. The third kappa shape index (κ3) is 12.6. The maximum absolute atomic E-state index is 13.6. The summed E-state index contributed by atoms with van der Waals surface area (Å²) < 4.78 is 83.3. The zero-order valence-electron chi connectivity index (χ0n) is 39.1. The van der Waals surface area contributed by atoms with Crippen molar-refractivity contribution in [3.05, 3.63) is 173 Å². The smallest absolute Gasteiger partial charge is 0.321 e. The summed E-state index contributed by atoms with van der Waals surface area (Å²) in [4.78, 5) is 58.1. The highest BCUT2D eigenvalue weighted by Gasteiger charge is 2.45. The number of aromatic nitrogens is 6. The van der Waals surface area contributed by atoms with Gasteiger partial charge in [0, 0.05) is 48.1 Å². The topological polar surface area (TPSA) is 195 Å². The lowest BCUT2D eigenvalue weighted by atomic mass is 9.99. The fourth-order valence-electron chi connectivity index (χ4n) is 8.03. The summed E-state index contributed by atoms with van der Waals surface area (Å²) in [5.41, 5.74) is 9.05. The molecular formula is C51H46BrF6N11O4. The first-order valence-corrected chi connectivity index (χ1v) is 23.1. The molecule has 73 heavy (non-hydrogen) atoms. The van der Waals surface area contributed by atoms with Crippen LogP contribution in [0, 0.1) is 11.6 Å². The molecule has 22 heteroatoms. The van der Waals surface area contributed by atoms with Crippen molar-refractivity contribution in [2.24, 2.45) is 5.73 Å². The zero-order chi connectivity index (χ0) is 52.6. The molecule has 4 aromatic carbocycles. The summed E-state index contributed by atoms with van der Waals surface area (Å²) in [5, 5.41) is 17.4. The number of rotatable bonds is 9. The molecule has 6 heterocycles. The zero-order valence-corrected chi connectivity index (χ0v) is 40.7. The van der Waals surface area contributed by atoms with Crippen LogP contribution in [0.15, 0.2) is 151 Å². The van der Waals surface area contributed by atoms with Gasteiger partial charge in [-0.25, -0.2) is 28.1 Å². The molecule has 15 nitrogen and oxygen atoms in total. The van der Waals surface area contributed by atoms with Crippen LogP contribution in [-0.4, -0.2) is 84.1 Å². The number of benzene rings is 4. The predicted octanol–water partition coefficient (Wildman–Crippen LogP) is 8.46. The second-order valence-electron chi connectivity index (χ2n) is 16.7. The molecular weight excluding hydrogens is 1020 g/mol. The number of fused-ring (bicyclic) bond motifs is 2. The SMILES string of the molecule is CC(F)(F)C(=O)N[C@H]1CC(=O)N(c2cnc3c(cnn3-c3ccc(F)cc3)c2)[C@@H]1c1ccccc1.CC(F)(F)C(=O)N[C@H]1CC(=O)N[C@@H]1c1ccccc1.CN.Fc1ccc(-n2ncc3cc(Br)cnc32)cc1. The number of carbonyl (C=O) groups excluding carboxylic acids is 4. The molecule has 0 bridgehead atoms. The molecule has 8 aromatic rings. The number of amides is 4. The Morgan fingerprint density at radius 2 is 1.10 bits per heavy atom. The lowest BCUT2D eigenvalue weighted by molar-refractivity contribution is -0.144. The molecule has 2 fully saturated rings. The number of anilines is 1. The third-order valence-electron chi connectivity index (χ3n) is 11.4. The van der Waals surface area contributed by atoms with E-state index in [1.54, 1.807) is 113 Å². The minimum atomic E-state index is -3.58. The Kier molecular flexibility index (Phi) is 16.4. The summed E-state index contributed by atoms with van der Waals surface area (Å²) in [6.07, 6.45) is 6.37. The number of carbonyl (C=O) groups is 4. The molecule has 2 saturated heterocycles. The summed E-state index contributed by atoms with van der Waals surface area (Å²) in [7, 11) is 1.50. The fraction of sp³-hybridized carbons (Fsp3) is 0.216. The van der Waals surface area contributed by atoms with Crippen LogP contribution in [0.25, 0.3) is 33.4 Å². The van der Waals surface area contributed by atoms with Crippen LogP contribution in [0.4, 0.5) is 32.0 Å². The van der Waals surface area contributed by atoms with Gasteiger partial charge in [-0.3, -0.25) is 19.2 Å². The highest BCUT2D eigenvalue weighted by molar-refractivity contribution is 9.10. The van der Waals surface area contributed by atoms with Crippen LogP contribution in [0.5, 0.6) is 0 Å². The Hall–Kier alpha value is -7.98. The summed E-state index contributed by atoms with van der Waals surface area (Å²) in [6, 6.07) is 30.7. The van der Waals surface area contributed by atoms with Crippen LogP contribution in [0.1, 0.15) is 49.9 Å². The second kappa shape index (κ2) is 22.6. The van der Waals surface area contributed by atoms with E-state index in [1.165, 1.54) is 42.4 Å². The summed E-state index contributed by atoms with van der Waals surface area (Å²) in [6.45, 7) is 1.05. The minimum absolute atomic E-state index is 0.00137. The van der Waals surface area contributed by atoms with Crippen LogP contribution in [0.3, 0.4) is 0 Å². The van der Waals surface area contributed by atoms with Gasteiger partial charge in [0.15, 0.2) is 11.3 Å². The van der Waals surface area contributed by atoms with Gasteiger partial charge in [-0.1, -0.05) is 60.7 Å². The molecule has 0 unspecified atom stereocenters. The molecule has 4 atom stereocenters. The van der Waals surface area contributed by atoms with Crippen molar-refractivity contribution in [1.82, 2.24) is 45.5 Å². The molecule has 2 aliphatic rings. The van der Waals surface area contributed by atoms with Gasteiger partial charge in [-0.2, -0.15) is 27.8 Å². The van der Waals surface area contributed by atoms with Crippen LogP contribution in [0.2, 0.25) is 0 Å². The Morgan fingerprint density at radius 1 is 0.630 bits per heavy atom. The van der Waals surface area contributed by atoms with E-state index in [0.717, 1.165) is 26.8 Å². The van der Waals surface area contributed by atoms with E-state index in [9.17, 15) is 45.5 Å². The summed E-state index contributed by atoms with van der Waals surface area (Å²) >= 11 is 3.36. The average molecular weight is 1070 g/mol. The van der Waals surface area contributed by atoms with Crippen LogP contribution in [-0.2, 0) is 19.2 Å². The number of nitrogens with two attached hydrogens (primary N) is 1. The van der Waals surface area contributed by atoms with E-state index < -0.39 is 47.8 Å². The van der Waals surface area contributed by atoms with Crippen molar-refractivity contribution in [1.29, 1.82) is 0 Å². The van der Waals surface area contributed by atoms with Crippen molar-refractivity contribution in [3.8, 4) is 11.4 Å². The van der Waals surface area contributed by atoms with Gasteiger partial charge < -0.3 is 26.6 Å². The van der Waals surface area contributed by atoms with Gasteiger partial charge in [0.25, 0.3) is 11.8 Å². The normalized spacial score (nSPS) is 17.4. The monoisotopic (exact) mass is 1070 g/mol. The van der Waals surface area contributed by atoms with Crippen molar-refractivity contribution in [2.75, 3.05) is 11.9 Å². The van der Waals surface area contributed by atoms with Gasteiger partial charge in [0.1, 0.15) is 11.6 Å². The van der Waals surface area contributed by atoms with E-state index in [4.69, 9.17) is 0 Å². The number of hydrogen-bond acceptors (Lipinski definition) is 9. The van der Waals surface area contributed by atoms with Crippen molar-refractivity contribution >= 4 is 67.3 Å². The second-order valence-corrected chi connectivity index (χ2v) is 17.6. The molecule has 0 aliphatic carbocycles. The van der Waals surface area contributed by atoms with E-state index in [0.29, 0.717) is 41.8 Å². The molecule has 5 N–H and O–H groups in total. The van der Waals surface area contributed by atoms with Gasteiger partial charge in [0.05, 0.1) is 59.8 Å². The van der Waals surface area contributed by atoms with Gasteiger partial charge >= 0.3 is 11.8 Å². The fourth-order valence-corrected chi connectivity index (χ4v) is 8.38. The average Bonchev–Trinajstić information content (AvgIpc) is 4.16. The highest BCUT2D eigenvalue weighted by Crippen LogP contribution is 2.39. The largest absolute Gasteiger partial charge is 0.347 e. The number of halogens is 7. The first-order chi connectivity index (χ1) is 34.8. The lowest BCUT2D eigenvalue weighted by Gasteiger charge is -2.29. The molecule has 0 spiro atoms. The maximum Gasteiger partial charge on any atom is 0.321 e. The maximum atomic E-state index is 13.6. The van der Waals surface area contributed by atoms with Gasteiger partial charge in [-0.05, 0) is 94.8 Å².